The number of nitrogens with two attached hydrogens (primary N) is 2. The van der Waals surface area contributed by atoms with Crippen LogP contribution in [0.25, 0.3) is 0 Å². The van der Waals surface area contributed by atoms with E-state index in [1.54, 1.807) is 0 Å². The van der Waals surface area contributed by atoms with Gasteiger partial charge < -0.3 is 11.5 Å². The minimum absolute atomic E-state index is 0.289. The van der Waals surface area contributed by atoms with Crippen molar-refractivity contribution < 1.29 is 4.79 Å². The summed E-state index contributed by atoms with van der Waals surface area (Å²) in [5.74, 6) is 0.289. The maximum Gasteiger partial charge on any atom is 0.132 e. The number of Topliss-reactive ketones (excluding diaryl/α,β-unsaturated/α-hetero) is 1. The van der Waals surface area contributed by atoms with E-state index in [1.807, 2.05) is 6.92 Å². The third-order valence-electron chi connectivity index (χ3n) is 1.41. The number of carbonyl (C=O) groups excluding carboxylic acids is 1. The van der Waals surface area contributed by atoms with Gasteiger partial charge in [-0.1, -0.05) is 6.92 Å². The fourth-order valence-electron chi connectivity index (χ4n) is 0.731. The molecule has 0 fully saturated rings. The molecule has 11 heavy (non-hydrogen) atoms. The Hall–Kier alpha value is -0.450. The Morgan fingerprint density at radius 1 is 1.55 bits per heavy atom. The second-order valence-corrected chi connectivity index (χ2v) is 2.48. The van der Waals surface area contributed by atoms with E-state index in [0.29, 0.717) is 19.4 Å². The summed E-state index contributed by atoms with van der Waals surface area (Å²) in [6, 6.07) is 0. The Morgan fingerprint density at radius 2 is 2.18 bits per heavy atom. The highest BCUT2D eigenvalue weighted by atomic mass is 16.1. The molecule has 4 nitrogen and oxygen atoms in total. The molecule has 0 atom stereocenters. The van der Waals surface area contributed by atoms with Gasteiger partial charge in [0.25, 0.3) is 0 Å². The van der Waals surface area contributed by atoms with Crippen molar-refractivity contribution in [3.8, 4) is 0 Å². The fourth-order valence-corrected chi connectivity index (χ4v) is 0.731. The van der Waals surface area contributed by atoms with Gasteiger partial charge in [0.05, 0.1) is 0 Å². The molecule has 0 aromatic heterocycles. The summed E-state index contributed by atoms with van der Waals surface area (Å²) in [4.78, 5) is 10.8. The van der Waals surface area contributed by atoms with Crippen LogP contribution in [-0.2, 0) is 4.79 Å². The Kier molecular flexibility index (Phi) is 6.02. The smallest absolute Gasteiger partial charge is 0.132 e. The zero-order valence-electron chi connectivity index (χ0n) is 6.97. The number of rotatable bonds is 6. The monoisotopic (exact) mass is 159 g/mol. The van der Waals surface area contributed by atoms with Crippen LogP contribution in [0.1, 0.15) is 26.2 Å². The second-order valence-electron chi connectivity index (χ2n) is 2.48. The van der Waals surface area contributed by atoms with Crippen LogP contribution in [0.5, 0.6) is 0 Å². The van der Waals surface area contributed by atoms with Crippen LogP contribution in [0.15, 0.2) is 0 Å². The van der Waals surface area contributed by atoms with Gasteiger partial charge >= 0.3 is 0 Å². The normalized spacial score (nSPS) is 10.5. The first-order chi connectivity index (χ1) is 5.16. The van der Waals surface area contributed by atoms with Gasteiger partial charge in [-0.2, -0.15) is 0 Å². The maximum atomic E-state index is 10.8. The van der Waals surface area contributed by atoms with Gasteiger partial charge in [0.1, 0.15) is 12.1 Å². The SMILES string of the molecule is CCC(=O)CCCNC(N)N. The van der Waals surface area contributed by atoms with Gasteiger partial charge in [0, 0.05) is 12.8 Å². The number of carbonyl (C=O) groups is 1. The summed E-state index contributed by atoms with van der Waals surface area (Å²) in [5.41, 5.74) is 10.4. The van der Waals surface area contributed by atoms with Gasteiger partial charge in [-0.25, -0.2) is 0 Å². The van der Waals surface area contributed by atoms with Crippen molar-refractivity contribution >= 4 is 5.78 Å². The van der Waals surface area contributed by atoms with Gasteiger partial charge in [0.15, 0.2) is 0 Å². The zero-order valence-corrected chi connectivity index (χ0v) is 6.97. The number of hydrogen-bond donors (Lipinski definition) is 3. The molecule has 0 aromatic rings. The van der Waals surface area contributed by atoms with Crippen molar-refractivity contribution in [2.24, 2.45) is 11.5 Å². The number of hydrogen-bond acceptors (Lipinski definition) is 4. The number of ketones is 1. The van der Waals surface area contributed by atoms with E-state index >= 15 is 0 Å². The second kappa shape index (κ2) is 6.27. The molecule has 0 aliphatic heterocycles. The van der Waals surface area contributed by atoms with Crippen LogP contribution in [0.3, 0.4) is 0 Å². The van der Waals surface area contributed by atoms with E-state index < -0.39 is 6.29 Å². The lowest BCUT2D eigenvalue weighted by atomic mass is 10.2. The molecule has 0 spiro atoms. The van der Waals surface area contributed by atoms with E-state index in [0.717, 1.165) is 6.42 Å². The Balaban J connectivity index is 3.08. The molecule has 66 valence electrons. The van der Waals surface area contributed by atoms with Crippen molar-refractivity contribution in [3.05, 3.63) is 0 Å². The molecule has 0 saturated heterocycles. The van der Waals surface area contributed by atoms with Gasteiger partial charge in [-0.3, -0.25) is 10.1 Å². The molecule has 0 bridgehead atoms. The lowest BCUT2D eigenvalue weighted by Gasteiger charge is -2.06. The maximum absolute atomic E-state index is 10.8. The van der Waals surface area contributed by atoms with Crippen molar-refractivity contribution in [2.45, 2.75) is 32.5 Å². The number of nitrogens with one attached hydrogen (secondary N) is 1. The largest absolute Gasteiger partial charge is 0.304 e. The lowest BCUT2D eigenvalue weighted by molar-refractivity contribution is -0.118. The van der Waals surface area contributed by atoms with Gasteiger partial charge in [0.2, 0.25) is 0 Å². The molecule has 0 unspecified atom stereocenters. The van der Waals surface area contributed by atoms with E-state index in [9.17, 15) is 4.79 Å². The van der Waals surface area contributed by atoms with Crippen LogP contribution in [-0.4, -0.2) is 18.6 Å². The molecular weight excluding hydrogens is 142 g/mol. The Labute approximate surface area is 67.3 Å². The summed E-state index contributed by atoms with van der Waals surface area (Å²) >= 11 is 0. The van der Waals surface area contributed by atoms with Crippen LogP contribution < -0.4 is 16.8 Å². The third kappa shape index (κ3) is 7.45. The summed E-state index contributed by atoms with van der Waals surface area (Å²) in [6.45, 7) is 2.58. The first-order valence-electron chi connectivity index (χ1n) is 3.93. The Morgan fingerprint density at radius 3 is 2.64 bits per heavy atom. The molecule has 0 rings (SSSR count). The Bertz CT molecular complexity index is 114. The molecule has 0 radical (unpaired) electrons. The minimum atomic E-state index is -0.466. The lowest BCUT2D eigenvalue weighted by Crippen LogP contribution is -2.45. The topological polar surface area (TPSA) is 81.1 Å². The molecule has 4 heteroatoms. The van der Waals surface area contributed by atoms with Gasteiger partial charge in [-0.15, -0.1) is 0 Å². The molecular formula is C7H17N3O. The molecule has 0 saturated carbocycles. The molecule has 0 amide bonds. The van der Waals surface area contributed by atoms with Crippen molar-refractivity contribution in [1.29, 1.82) is 0 Å². The highest BCUT2D eigenvalue weighted by Gasteiger charge is 1.97. The first kappa shape index (κ1) is 10.6. The van der Waals surface area contributed by atoms with Gasteiger partial charge in [-0.05, 0) is 13.0 Å². The molecule has 0 aromatic carbocycles. The molecule has 0 aliphatic carbocycles. The molecule has 0 aliphatic rings. The molecule has 0 heterocycles. The van der Waals surface area contributed by atoms with E-state index in [-0.39, 0.29) is 5.78 Å². The highest BCUT2D eigenvalue weighted by molar-refractivity contribution is 5.77. The van der Waals surface area contributed by atoms with E-state index in [4.69, 9.17) is 11.5 Å². The predicted octanol–water partition coefficient (Wildman–Crippen LogP) is -0.464. The predicted molar refractivity (Wildman–Crippen MR) is 44.7 cm³/mol. The fraction of sp³-hybridized carbons (Fsp3) is 0.857. The van der Waals surface area contributed by atoms with E-state index in [2.05, 4.69) is 5.32 Å². The summed E-state index contributed by atoms with van der Waals surface area (Å²) in [7, 11) is 0. The highest BCUT2D eigenvalue weighted by Crippen LogP contribution is 1.92. The summed E-state index contributed by atoms with van der Waals surface area (Å²) < 4.78 is 0. The zero-order chi connectivity index (χ0) is 8.69. The third-order valence-corrected chi connectivity index (χ3v) is 1.41. The van der Waals surface area contributed by atoms with Crippen molar-refractivity contribution in [3.63, 3.8) is 0 Å². The van der Waals surface area contributed by atoms with Crippen molar-refractivity contribution in [1.82, 2.24) is 5.32 Å². The van der Waals surface area contributed by atoms with Crippen molar-refractivity contribution in [2.75, 3.05) is 6.54 Å². The first-order valence-corrected chi connectivity index (χ1v) is 3.93. The van der Waals surface area contributed by atoms with Crippen LogP contribution >= 0.6 is 0 Å². The van der Waals surface area contributed by atoms with Crippen LogP contribution in [0.2, 0.25) is 0 Å². The quantitative estimate of drug-likeness (QED) is 0.362. The average Bonchev–Trinajstić information content (AvgIpc) is 1.97. The average molecular weight is 159 g/mol. The minimum Gasteiger partial charge on any atom is -0.304 e. The molecule has 5 N–H and O–H groups in total. The van der Waals surface area contributed by atoms with E-state index in [1.165, 1.54) is 0 Å². The summed E-state index contributed by atoms with van der Waals surface area (Å²) in [6.07, 6.45) is 1.59. The van der Waals surface area contributed by atoms with Crippen LogP contribution in [0.4, 0.5) is 0 Å². The van der Waals surface area contributed by atoms with Crippen LogP contribution in [0, 0.1) is 0 Å². The standard InChI is InChI=1S/C7H17N3O/c1-2-6(11)4-3-5-10-7(8)9/h7,10H,2-5,8-9H2,1H3. The summed E-state index contributed by atoms with van der Waals surface area (Å²) in [5, 5.41) is 2.83.